The molecule has 0 N–H and O–H groups in total. The van der Waals surface area contributed by atoms with E-state index in [1.807, 2.05) is 12.1 Å². The van der Waals surface area contributed by atoms with Crippen molar-refractivity contribution in [2.75, 3.05) is 0 Å². The number of hydrogen-bond acceptors (Lipinski definition) is 4. The van der Waals surface area contributed by atoms with Gasteiger partial charge in [-0.2, -0.15) is 0 Å². The quantitative estimate of drug-likeness (QED) is 0.261. The van der Waals surface area contributed by atoms with Crippen molar-refractivity contribution in [3.8, 4) is 5.75 Å². The van der Waals surface area contributed by atoms with Crippen molar-refractivity contribution < 1.29 is 18.3 Å². The van der Waals surface area contributed by atoms with Crippen LogP contribution in [-0.4, -0.2) is 15.1 Å². The Morgan fingerprint density at radius 1 is 0.969 bits per heavy atom. The number of hydrogen-bond donors (Lipinski definition) is 0. The molecule has 0 aliphatic carbocycles. The SMILES string of the molecule is O=C1/C(=C/c2ccc(OCc3ccc(F)cc3)c(Br)c2)SC(=S)N1Cc1ccc(F)cc1. The highest BCUT2D eigenvalue weighted by Crippen LogP contribution is 2.35. The lowest BCUT2D eigenvalue weighted by Crippen LogP contribution is -2.27. The van der Waals surface area contributed by atoms with Gasteiger partial charge in [-0.1, -0.05) is 54.3 Å². The number of carbonyl (C=O) groups is 1. The first kappa shape index (κ1) is 22.6. The van der Waals surface area contributed by atoms with Crippen molar-refractivity contribution in [1.29, 1.82) is 0 Å². The second kappa shape index (κ2) is 9.94. The topological polar surface area (TPSA) is 29.5 Å². The second-order valence-corrected chi connectivity index (χ2v) is 9.53. The van der Waals surface area contributed by atoms with Crippen LogP contribution in [0.4, 0.5) is 8.78 Å². The van der Waals surface area contributed by atoms with Crippen LogP contribution in [0.5, 0.6) is 5.75 Å². The summed E-state index contributed by atoms with van der Waals surface area (Å²) in [5.41, 5.74) is 2.47. The summed E-state index contributed by atoms with van der Waals surface area (Å²) in [5.74, 6) is -0.163. The van der Waals surface area contributed by atoms with Crippen molar-refractivity contribution in [3.05, 3.63) is 104 Å². The third-order valence-electron chi connectivity index (χ3n) is 4.69. The molecular weight excluding hydrogens is 516 g/mol. The van der Waals surface area contributed by atoms with Gasteiger partial charge in [-0.3, -0.25) is 9.69 Å². The van der Waals surface area contributed by atoms with Gasteiger partial charge in [0.1, 0.15) is 28.3 Å². The molecule has 162 valence electrons. The number of thiocarbonyl (C=S) groups is 1. The van der Waals surface area contributed by atoms with Gasteiger partial charge in [-0.25, -0.2) is 8.78 Å². The monoisotopic (exact) mass is 531 g/mol. The molecule has 1 aliphatic rings. The Morgan fingerprint density at radius 2 is 1.59 bits per heavy atom. The van der Waals surface area contributed by atoms with Gasteiger partial charge in [0.05, 0.1) is 15.9 Å². The summed E-state index contributed by atoms with van der Waals surface area (Å²) in [6, 6.07) is 17.6. The number of carbonyl (C=O) groups excluding carboxylic acids is 1. The van der Waals surface area contributed by atoms with Crippen LogP contribution < -0.4 is 4.74 Å². The molecule has 32 heavy (non-hydrogen) atoms. The molecule has 1 aliphatic heterocycles. The summed E-state index contributed by atoms with van der Waals surface area (Å²) in [6.45, 7) is 0.600. The molecular formula is C24H16BrF2NO2S2. The minimum absolute atomic E-state index is 0.183. The molecule has 0 aromatic heterocycles. The van der Waals surface area contributed by atoms with E-state index in [2.05, 4.69) is 15.9 Å². The average molecular weight is 532 g/mol. The predicted molar refractivity (Wildman–Crippen MR) is 130 cm³/mol. The molecule has 1 amide bonds. The maximum Gasteiger partial charge on any atom is 0.266 e. The third-order valence-corrected chi connectivity index (χ3v) is 6.69. The zero-order chi connectivity index (χ0) is 22.7. The predicted octanol–water partition coefficient (Wildman–Crippen LogP) is 6.71. The van der Waals surface area contributed by atoms with Gasteiger partial charge in [0.2, 0.25) is 0 Å². The van der Waals surface area contributed by atoms with Crippen molar-refractivity contribution in [2.24, 2.45) is 0 Å². The van der Waals surface area contributed by atoms with Crippen LogP contribution in [0.2, 0.25) is 0 Å². The molecule has 3 aromatic rings. The van der Waals surface area contributed by atoms with Gasteiger partial charge >= 0.3 is 0 Å². The van der Waals surface area contributed by atoms with Gasteiger partial charge in [-0.05, 0) is 75.1 Å². The van der Waals surface area contributed by atoms with E-state index in [1.54, 1.807) is 36.4 Å². The lowest BCUT2D eigenvalue weighted by atomic mass is 10.2. The normalized spacial score (nSPS) is 15.0. The minimum Gasteiger partial charge on any atom is -0.488 e. The Labute approximate surface area is 202 Å². The van der Waals surface area contributed by atoms with Crippen LogP contribution in [0.25, 0.3) is 6.08 Å². The Balaban J connectivity index is 1.44. The van der Waals surface area contributed by atoms with Crippen LogP contribution in [0.15, 0.2) is 76.1 Å². The number of rotatable bonds is 6. The molecule has 4 rings (SSSR count). The number of thioether (sulfide) groups is 1. The second-order valence-electron chi connectivity index (χ2n) is 7.00. The molecule has 0 saturated carbocycles. The van der Waals surface area contributed by atoms with E-state index < -0.39 is 0 Å². The molecule has 3 aromatic carbocycles. The first-order valence-corrected chi connectivity index (χ1v) is 11.6. The van der Waals surface area contributed by atoms with Crippen molar-refractivity contribution in [3.63, 3.8) is 0 Å². The molecule has 0 atom stereocenters. The molecule has 8 heteroatoms. The molecule has 3 nitrogen and oxygen atoms in total. The van der Waals surface area contributed by atoms with Crippen LogP contribution in [0.3, 0.4) is 0 Å². The average Bonchev–Trinajstić information content (AvgIpc) is 3.03. The Morgan fingerprint density at radius 3 is 2.22 bits per heavy atom. The van der Waals surface area contributed by atoms with Gasteiger partial charge in [0, 0.05) is 0 Å². The van der Waals surface area contributed by atoms with Crippen LogP contribution in [0.1, 0.15) is 16.7 Å². The summed E-state index contributed by atoms with van der Waals surface area (Å²) >= 11 is 10.1. The number of ether oxygens (including phenoxy) is 1. The molecule has 1 fully saturated rings. The van der Waals surface area contributed by atoms with Crippen molar-refractivity contribution in [2.45, 2.75) is 13.2 Å². The number of benzene rings is 3. The highest BCUT2D eigenvalue weighted by atomic mass is 79.9. The highest BCUT2D eigenvalue weighted by Gasteiger charge is 2.32. The van der Waals surface area contributed by atoms with Gasteiger partial charge in [0.15, 0.2) is 0 Å². The Kier molecular flexibility index (Phi) is 7.03. The fourth-order valence-electron chi connectivity index (χ4n) is 3.03. The van der Waals surface area contributed by atoms with Gasteiger partial charge < -0.3 is 4.74 Å². The van der Waals surface area contributed by atoms with Crippen molar-refractivity contribution >= 4 is 56.2 Å². The smallest absolute Gasteiger partial charge is 0.266 e. The number of amides is 1. The van der Waals surface area contributed by atoms with Gasteiger partial charge in [0.25, 0.3) is 5.91 Å². The lowest BCUT2D eigenvalue weighted by molar-refractivity contribution is -0.122. The summed E-state index contributed by atoms with van der Waals surface area (Å²) < 4.78 is 33.1. The maximum absolute atomic E-state index is 13.1. The molecule has 0 bridgehead atoms. The van der Waals surface area contributed by atoms with E-state index in [-0.39, 0.29) is 17.5 Å². The van der Waals surface area contributed by atoms with E-state index in [1.165, 1.54) is 40.9 Å². The summed E-state index contributed by atoms with van der Waals surface area (Å²) in [6.07, 6.45) is 1.78. The van der Waals surface area contributed by atoms with E-state index in [9.17, 15) is 13.6 Å². The number of halogens is 3. The largest absolute Gasteiger partial charge is 0.488 e. The van der Waals surface area contributed by atoms with E-state index in [4.69, 9.17) is 17.0 Å². The summed E-state index contributed by atoms with van der Waals surface area (Å²) in [5, 5.41) is 0. The minimum atomic E-state index is -0.324. The Hall–Kier alpha value is -2.55. The van der Waals surface area contributed by atoms with Gasteiger partial charge in [-0.15, -0.1) is 0 Å². The highest BCUT2D eigenvalue weighted by molar-refractivity contribution is 9.10. The summed E-state index contributed by atoms with van der Waals surface area (Å²) in [4.78, 5) is 14.9. The third kappa shape index (κ3) is 5.43. The number of nitrogens with zero attached hydrogens (tertiary/aromatic N) is 1. The summed E-state index contributed by atoms with van der Waals surface area (Å²) in [7, 11) is 0. The first-order valence-electron chi connectivity index (χ1n) is 9.55. The van der Waals surface area contributed by atoms with Crippen LogP contribution >= 0.6 is 39.9 Å². The fraction of sp³-hybridized carbons (Fsp3) is 0.0833. The van der Waals surface area contributed by atoms with E-state index >= 15 is 0 Å². The van der Waals surface area contributed by atoms with Crippen LogP contribution in [0, 0.1) is 11.6 Å². The Bertz CT molecular complexity index is 1200. The fourth-order valence-corrected chi connectivity index (χ4v) is 4.79. The lowest BCUT2D eigenvalue weighted by Gasteiger charge is -2.14. The molecule has 0 unspecified atom stereocenters. The molecule has 0 radical (unpaired) electrons. The van der Waals surface area contributed by atoms with E-state index in [0.29, 0.717) is 28.1 Å². The molecule has 1 saturated heterocycles. The molecule has 1 heterocycles. The van der Waals surface area contributed by atoms with E-state index in [0.717, 1.165) is 21.2 Å². The first-order chi connectivity index (χ1) is 15.4. The maximum atomic E-state index is 13.1. The zero-order valence-corrected chi connectivity index (χ0v) is 19.8. The zero-order valence-electron chi connectivity index (χ0n) is 16.6. The molecule has 0 spiro atoms. The van der Waals surface area contributed by atoms with Crippen molar-refractivity contribution in [1.82, 2.24) is 4.90 Å². The standard InChI is InChI=1S/C24H16BrF2NO2S2/c25-20-11-17(5-10-21(20)30-14-16-3-8-19(27)9-4-16)12-22-23(29)28(24(31)32-22)13-15-1-6-18(26)7-2-15/h1-12H,13-14H2/b22-12-. The van der Waals surface area contributed by atoms with Crippen LogP contribution in [-0.2, 0) is 17.9 Å².